The van der Waals surface area contributed by atoms with E-state index in [2.05, 4.69) is 9.97 Å². The number of esters is 1. The Balaban J connectivity index is 2.59. The number of carbonyl (C=O) groups excluding carboxylic acids is 1. The van der Waals surface area contributed by atoms with Gasteiger partial charge in [-0.1, -0.05) is 11.8 Å². The Morgan fingerprint density at radius 2 is 2.22 bits per heavy atom. The molecule has 2 N–H and O–H groups in total. The fourth-order valence-corrected chi connectivity index (χ4v) is 1.82. The van der Waals surface area contributed by atoms with Crippen molar-refractivity contribution in [3.05, 3.63) is 11.8 Å². The Morgan fingerprint density at radius 3 is 2.83 bits per heavy atom. The molecule has 6 nitrogen and oxygen atoms in total. The summed E-state index contributed by atoms with van der Waals surface area (Å²) in [4.78, 5) is 19.6. The summed E-state index contributed by atoms with van der Waals surface area (Å²) in [5.74, 6) is 0.384. The summed E-state index contributed by atoms with van der Waals surface area (Å²) >= 11 is 1.43. The van der Waals surface area contributed by atoms with Crippen LogP contribution in [0.2, 0.25) is 0 Å². The van der Waals surface area contributed by atoms with E-state index in [0.717, 1.165) is 5.75 Å². The SMILES string of the molecule is CCOCCSc1ncc(C(=O)OCC)c(N)n1. The minimum absolute atomic E-state index is 0.141. The van der Waals surface area contributed by atoms with Gasteiger partial charge in [-0.25, -0.2) is 14.8 Å². The second-order valence-corrected chi connectivity index (χ2v) is 4.28. The first-order valence-corrected chi connectivity index (χ1v) is 6.67. The molecule has 100 valence electrons. The summed E-state index contributed by atoms with van der Waals surface area (Å²) < 4.78 is 10.0. The van der Waals surface area contributed by atoms with Gasteiger partial charge in [0.05, 0.1) is 13.2 Å². The molecule has 1 rings (SSSR count). The second kappa shape index (κ2) is 7.88. The van der Waals surface area contributed by atoms with Gasteiger partial charge >= 0.3 is 5.97 Å². The van der Waals surface area contributed by atoms with Crippen LogP contribution >= 0.6 is 11.8 Å². The molecule has 0 unspecified atom stereocenters. The maximum Gasteiger partial charge on any atom is 0.343 e. The average Bonchev–Trinajstić information content (AvgIpc) is 2.35. The van der Waals surface area contributed by atoms with E-state index in [9.17, 15) is 4.79 Å². The van der Waals surface area contributed by atoms with Crippen molar-refractivity contribution in [1.82, 2.24) is 9.97 Å². The number of nitrogen functional groups attached to an aromatic ring is 1. The van der Waals surface area contributed by atoms with E-state index < -0.39 is 5.97 Å². The molecule has 0 aliphatic heterocycles. The van der Waals surface area contributed by atoms with Crippen molar-refractivity contribution in [1.29, 1.82) is 0 Å². The fraction of sp³-hybridized carbons (Fsp3) is 0.545. The van der Waals surface area contributed by atoms with Gasteiger partial charge in [0.2, 0.25) is 0 Å². The first-order chi connectivity index (χ1) is 8.69. The highest BCUT2D eigenvalue weighted by atomic mass is 32.2. The van der Waals surface area contributed by atoms with Gasteiger partial charge in [0.25, 0.3) is 0 Å². The number of anilines is 1. The summed E-state index contributed by atoms with van der Waals surface area (Å²) in [5.41, 5.74) is 5.89. The van der Waals surface area contributed by atoms with E-state index in [-0.39, 0.29) is 11.4 Å². The van der Waals surface area contributed by atoms with Gasteiger partial charge in [0.1, 0.15) is 11.4 Å². The molecule has 0 radical (unpaired) electrons. The number of thioether (sulfide) groups is 1. The van der Waals surface area contributed by atoms with Gasteiger partial charge in [0.15, 0.2) is 5.16 Å². The molecule has 7 heteroatoms. The fourth-order valence-electron chi connectivity index (χ4n) is 1.15. The lowest BCUT2D eigenvalue weighted by molar-refractivity contribution is 0.0526. The van der Waals surface area contributed by atoms with Gasteiger partial charge in [-0.3, -0.25) is 0 Å². The van der Waals surface area contributed by atoms with Crippen LogP contribution < -0.4 is 5.73 Å². The highest BCUT2D eigenvalue weighted by molar-refractivity contribution is 7.99. The normalized spacial score (nSPS) is 10.3. The quantitative estimate of drug-likeness (QED) is 0.347. The molecule has 0 fully saturated rings. The smallest absolute Gasteiger partial charge is 0.343 e. The molecule has 1 aromatic heterocycles. The molecule has 18 heavy (non-hydrogen) atoms. The maximum atomic E-state index is 11.5. The minimum Gasteiger partial charge on any atom is -0.462 e. The third-order valence-corrected chi connectivity index (χ3v) is 2.78. The molecular weight excluding hydrogens is 254 g/mol. The van der Waals surface area contributed by atoms with Crippen LogP contribution in [0.1, 0.15) is 24.2 Å². The van der Waals surface area contributed by atoms with E-state index in [1.165, 1.54) is 18.0 Å². The Bertz CT molecular complexity index is 401. The van der Waals surface area contributed by atoms with Crippen molar-refractivity contribution in [3.8, 4) is 0 Å². The van der Waals surface area contributed by atoms with Gasteiger partial charge in [0, 0.05) is 18.6 Å². The van der Waals surface area contributed by atoms with Crippen molar-refractivity contribution >= 4 is 23.5 Å². The third kappa shape index (κ3) is 4.50. The molecular formula is C11H17N3O3S. The van der Waals surface area contributed by atoms with Crippen LogP contribution in [-0.2, 0) is 9.47 Å². The van der Waals surface area contributed by atoms with Crippen molar-refractivity contribution in [2.45, 2.75) is 19.0 Å². The van der Waals surface area contributed by atoms with E-state index in [1.54, 1.807) is 6.92 Å². The molecule has 0 amide bonds. The molecule has 0 bridgehead atoms. The molecule has 0 atom stereocenters. The van der Waals surface area contributed by atoms with Crippen LogP contribution in [0.4, 0.5) is 5.82 Å². The number of hydrogen-bond donors (Lipinski definition) is 1. The van der Waals surface area contributed by atoms with Crippen LogP contribution in [-0.4, -0.2) is 41.5 Å². The maximum absolute atomic E-state index is 11.5. The summed E-state index contributed by atoms with van der Waals surface area (Å²) in [6, 6.07) is 0. The Labute approximate surface area is 110 Å². The molecule has 0 aliphatic rings. The number of ether oxygens (including phenoxy) is 2. The molecule has 0 spiro atoms. The van der Waals surface area contributed by atoms with Crippen molar-refractivity contribution in [2.24, 2.45) is 0 Å². The molecule has 1 aromatic rings. The van der Waals surface area contributed by atoms with E-state index in [0.29, 0.717) is 25.0 Å². The van der Waals surface area contributed by atoms with Crippen LogP contribution in [0.3, 0.4) is 0 Å². The first kappa shape index (κ1) is 14.7. The van der Waals surface area contributed by atoms with E-state index in [1.807, 2.05) is 6.92 Å². The zero-order valence-corrected chi connectivity index (χ0v) is 11.3. The first-order valence-electron chi connectivity index (χ1n) is 5.69. The van der Waals surface area contributed by atoms with Crippen LogP contribution in [0.25, 0.3) is 0 Å². The van der Waals surface area contributed by atoms with Crippen LogP contribution in [0.15, 0.2) is 11.4 Å². The Kier molecular flexibility index (Phi) is 6.45. The number of hydrogen-bond acceptors (Lipinski definition) is 7. The highest BCUT2D eigenvalue weighted by Crippen LogP contribution is 2.16. The van der Waals surface area contributed by atoms with Crippen LogP contribution in [0.5, 0.6) is 0 Å². The number of aromatic nitrogens is 2. The predicted molar refractivity (Wildman–Crippen MR) is 69.6 cm³/mol. The Hall–Kier alpha value is -1.34. The van der Waals surface area contributed by atoms with Crippen LogP contribution in [0, 0.1) is 0 Å². The Morgan fingerprint density at radius 1 is 1.44 bits per heavy atom. The number of nitrogens with zero attached hydrogens (tertiary/aromatic N) is 2. The standard InChI is InChI=1S/C11H17N3O3S/c1-3-16-5-6-18-11-13-7-8(9(12)14-11)10(15)17-4-2/h7H,3-6H2,1-2H3,(H2,12,13,14). The molecule has 0 saturated heterocycles. The zero-order valence-electron chi connectivity index (χ0n) is 10.5. The monoisotopic (exact) mass is 271 g/mol. The van der Waals surface area contributed by atoms with Gasteiger partial charge in [-0.15, -0.1) is 0 Å². The predicted octanol–water partition coefficient (Wildman–Crippen LogP) is 1.36. The summed E-state index contributed by atoms with van der Waals surface area (Å²) in [6.07, 6.45) is 1.39. The highest BCUT2D eigenvalue weighted by Gasteiger charge is 2.13. The molecule has 0 saturated carbocycles. The number of nitrogens with two attached hydrogens (primary N) is 1. The van der Waals surface area contributed by atoms with Gasteiger partial charge < -0.3 is 15.2 Å². The lowest BCUT2D eigenvalue weighted by Gasteiger charge is -2.05. The number of rotatable bonds is 7. The zero-order chi connectivity index (χ0) is 13.4. The van der Waals surface area contributed by atoms with Crippen molar-refractivity contribution in [2.75, 3.05) is 31.3 Å². The summed E-state index contributed by atoms with van der Waals surface area (Å²) in [5, 5.41) is 0.528. The topological polar surface area (TPSA) is 87.3 Å². The number of carbonyl (C=O) groups is 1. The van der Waals surface area contributed by atoms with E-state index >= 15 is 0 Å². The third-order valence-electron chi connectivity index (χ3n) is 1.95. The molecule has 1 heterocycles. The summed E-state index contributed by atoms with van der Waals surface area (Å²) in [7, 11) is 0. The van der Waals surface area contributed by atoms with E-state index in [4.69, 9.17) is 15.2 Å². The van der Waals surface area contributed by atoms with Crippen molar-refractivity contribution in [3.63, 3.8) is 0 Å². The molecule has 0 aliphatic carbocycles. The van der Waals surface area contributed by atoms with Gasteiger partial charge in [-0.05, 0) is 13.8 Å². The minimum atomic E-state index is -0.499. The van der Waals surface area contributed by atoms with Gasteiger partial charge in [-0.2, -0.15) is 0 Å². The lowest BCUT2D eigenvalue weighted by atomic mass is 10.3. The largest absolute Gasteiger partial charge is 0.462 e. The second-order valence-electron chi connectivity index (χ2n) is 3.22. The average molecular weight is 271 g/mol. The van der Waals surface area contributed by atoms with Crippen molar-refractivity contribution < 1.29 is 14.3 Å². The molecule has 0 aromatic carbocycles. The lowest BCUT2D eigenvalue weighted by Crippen LogP contribution is -2.10. The summed E-state index contributed by atoms with van der Waals surface area (Å²) in [6.45, 7) is 5.28.